The minimum Gasteiger partial charge on any atom is -0.490 e. The number of ether oxygens (including phenoxy) is 3. The van der Waals surface area contributed by atoms with Gasteiger partial charge in [0.05, 0.1) is 25.3 Å². The standard InChI is InChI=1S/C19H23ClN2O4/c1-4-8-26-18-15(20)10-14(11-16(18)25-5-2)19(23)22-12-13-6-7-21-17(9-13)24-3/h6-7,9-11H,4-5,8,12H2,1-3H3,(H,22,23). The monoisotopic (exact) mass is 378 g/mol. The molecule has 0 unspecified atom stereocenters. The van der Waals surface area contributed by atoms with E-state index in [-0.39, 0.29) is 5.91 Å². The Kier molecular flexibility index (Phi) is 7.53. The van der Waals surface area contributed by atoms with Gasteiger partial charge in [0.1, 0.15) is 0 Å². The van der Waals surface area contributed by atoms with Crippen molar-refractivity contribution < 1.29 is 19.0 Å². The zero-order valence-electron chi connectivity index (χ0n) is 15.2. The van der Waals surface area contributed by atoms with Gasteiger partial charge in [0, 0.05) is 24.4 Å². The third-order valence-electron chi connectivity index (χ3n) is 3.48. The molecule has 1 heterocycles. The summed E-state index contributed by atoms with van der Waals surface area (Å²) in [6.07, 6.45) is 2.48. The number of halogens is 1. The molecular formula is C19H23ClN2O4. The Morgan fingerprint density at radius 3 is 2.73 bits per heavy atom. The summed E-state index contributed by atoms with van der Waals surface area (Å²) in [5, 5.41) is 3.20. The van der Waals surface area contributed by atoms with Crippen molar-refractivity contribution in [3.8, 4) is 17.4 Å². The van der Waals surface area contributed by atoms with E-state index in [1.54, 1.807) is 31.5 Å². The van der Waals surface area contributed by atoms with Gasteiger partial charge in [-0.15, -0.1) is 0 Å². The molecule has 0 aliphatic rings. The molecule has 0 spiro atoms. The van der Waals surface area contributed by atoms with Crippen molar-refractivity contribution >= 4 is 17.5 Å². The fourth-order valence-electron chi connectivity index (χ4n) is 2.26. The predicted octanol–water partition coefficient (Wildman–Crippen LogP) is 3.86. The number of amides is 1. The molecule has 0 aliphatic heterocycles. The van der Waals surface area contributed by atoms with Gasteiger partial charge >= 0.3 is 0 Å². The number of carbonyl (C=O) groups excluding carboxylic acids is 1. The van der Waals surface area contributed by atoms with Crippen molar-refractivity contribution in [2.24, 2.45) is 0 Å². The van der Waals surface area contributed by atoms with Gasteiger partial charge < -0.3 is 19.5 Å². The number of aromatic nitrogens is 1. The van der Waals surface area contributed by atoms with Crippen molar-refractivity contribution in [2.75, 3.05) is 20.3 Å². The zero-order chi connectivity index (χ0) is 18.9. The van der Waals surface area contributed by atoms with Crippen LogP contribution in [0.5, 0.6) is 17.4 Å². The second-order valence-corrected chi connectivity index (χ2v) is 5.86. The van der Waals surface area contributed by atoms with Crippen LogP contribution in [0.1, 0.15) is 36.2 Å². The quantitative estimate of drug-likeness (QED) is 0.717. The van der Waals surface area contributed by atoms with E-state index in [1.807, 2.05) is 19.9 Å². The number of rotatable bonds is 9. The summed E-state index contributed by atoms with van der Waals surface area (Å²) in [6, 6.07) is 6.80. The lowest BCUT2D eigenvalue weighted by atomic mass is 10.1. The number of benzene rings is 1. The smallest absolute Gasteiger partial charge is 0.251 e. The summed E-state index contributed by atoms with van der Waals surface area (Å²) in [6.45, 7) is 5.18. The van der Waals surface area contributed by atoms with Crippen LogP contribution in [-0.4, -0.2) is 31.2 Å². The number of nitrogens with one attached hydrogen (secondary N) is 1. The average Bonchev–Trinajstić information content (AvgIpc) is 2.65. The van der Waals surface area contributed by atoms with Crippen LogP contribution in [0.2, 0.25) is 5.02 Å². The van der Waals surface area contributed by atoms with E-state index in [4.69, 9.17) is 25.8 Å². The Hall–Kier alpha value is -2.47. The van der Waals surface area contributed by atoms with Gasteiger partial charge in [0.25, 0.3) is 5.91 Å². The van der Waals surface area contributed by atoms with E-state index in [2.05, 4.69) is 10.3 Å². The van der Waals surface area contributed by atoms with Gasteiger partial charge in [-0.1, -0.05) is 18.5 Å². The molecule has 0 fully saturated rings. The molecule has 0 aliphatic carbocycles. The fourth-order valence-corrected chi connectivity index (χ4v) is 2.53. The van der Waals surface area contributed by atoms with Crippen LogP contribution in [0.3, 0.4) is 0 Å². The van der Waals surface area contributed by atoms with Gasteiger partial charge in [-0.05, 0) is 37.1 Å². The average molecular weight is 379 g/mol. The van der Waals surface area contributed by atoms with E-state index in [9.17, 15) is 4.79 Å². The summed E-state index contributed by atoms with van der Waals surface area (Å²) >= 11 is 6.30. The fraction of sp³-hybridized carbons (Fsp3) is 0.368. The molecular weight excluding hydrogens is 356 g/mol. The van der Waals surface area contributed by atoms with Crippen LogP contribution in [0.15, 0.2) is 30.5 Å². The van der Waals surface area contributed by atoms with Crippen LogP contribution >= 0.6 is 11.6 Å². The van der Waals surface area contributed by atoms with Crippen LogP contribution in [-0.2, 0) is 6.54 Å². The molecule has 1 amide bonds. The highest BCUT2D eigenvalue weighted by Gasteiger charge is 2.16. The van der Waals surface area contributed by atoms with Crippen molar-refractivity contribution in [2.45, 2.75) is 26.8 Å². The van der Waals surface area contributed by atoms with Gasteiger partial charge in [0.15, 0.2) is 11.5 Å². The van der Waals surface area contributed by atoms with Crippen molar-refractivity contribution in [3.05, 3.63) is 46.6 Å². The van der Waals surface area contributed by atoms with Crippen molar-refractivity contribution in [3.63, 3.8) is 0 Å². The maximum Gasteiger partial charge on any atom is 0.251 e. The Morgan fingerprint density at radius 1 is 1.23 bits per heavy atom. The molecule has 1 N–H and O–H groups in total. The van der Waals surface area contributed by atoms with Crippen LogP contribution in [0.25, 0.3) is 0 Å². The molecule has 2 rings (SSSR count). The SMILES string of the molecule is CCCOc1c(Cl)cc(C(=O)NCc2ccnc(OC)c2)cc1OCC. The summed E-state index contributed by atoms with van der Waals surface area (Å²) < 4.78 is 16.3. The van der Waals surface area contributed by atoms with Gasteiger partial charge in [0.2, 0.25) is 5.88 Å². The van der Waals surface area contributed by atoms with Gasteiger partial charge in [-0.3, -0.25) is 4.79 Å². The van der Waals surface area contributed by atoms with E-state index in [0.717, 1.165) is 12.0 Å². The first-order valence-corrected chi connectivity index (χ1v) is 8.83. The number of hydrogen-bond donors (Lipinski definition) is 1. The molecule has 0 saturated heterocycles. The minimum atomic E-state index is -0.259. The maximum absolute atomic E-state index is 12.5. The summed E-state index contributed by atoms with van der Waals surface area (Å²) in [7, 11) is 1.55. The third kappa shape index (κ3) is 5.26. The van der Waals surface area contributed by atoms with Crippen LogP contribution in [0.4, 0.5) is 0 Å². The summed E-state index contributed by atoms with van der Waals surface area (Å²) in [5.41, 5.74) is 1.28. The topological polar surface area (TPSA) is 69.7 Å². The minimum absolute atomic E-state index is 0.259. The molecule has 140 valence electrons. The highest BCUT2D eigenvalue weighted by Crippen LogP contribution is 2.36. The van der Waals surface area contributed by atoms with Gasteiger partial charge in [-0.25, -0.2) is 4.98 Å². The van der Waals surface area contributed by atoms with Gasteiger partial charge in [-0.2, -0.15) is 0 Å². The molecule has 0 bridgehead atoms. The Bertz CT molecular complexity index is 752. The molecule has 1 aromatic carbocycles. The molecule has 2 aromatic rings. The Balaban J connectivity index is 2.14. The highest BCUT2D eigenvalue weighted by molar-refractivity contribution is 6.32. The zero-order valence-corrected chi connectivity index (χ0v) is 15.9. The van der Waals surface area contributed by atoms with E-state index in [1.165, 1.54) is 0 Å². The van der Waals surface area contributed by atoms with E-state index in [0.29, 0.717) is 47.7 Å². The number of hydrogen-bond acceptors (Lipinski definition) is 5. The summed E-state index contributed by atoms with van der Waals surface area (Å²) in [4.78, 5) is 16.5. The molecule has 26 heavy (non-hydrogen) atoms. The molecule has 7 heteroatoms. The largest absolute Gasteiger partial charge is 0.490 e. The van der Waals surface area contributed by atoms with Crippen molar-refractivity contribution in [1.29, 1.82) is 0 Å². The number of nitrogens with zero attached hydrogens (tertiary/aromatic N) is 1. The normalized spacial score (nSPS) is 10.3. The second kappa shape index (κ2) is 9.87. The molecule has 1 aromatic heterocycles. The summed E-state index contributed by atoms with van der Waals surface area (Å²) in [5.74, 6) is 1.16. The first-order chi connectivity index (χ1) is 12.6. The molecule has 6 nitrogen and oxygen atoms in total. The second-order valence-electron chi connectivity index (χ2n) is 5.46. The van der Waals surface area contributed by atoms with Crippen LogP contribution in [0, 0.1) is 0 Å². The lowest BCUT2D eigenvalue weighted by Gasteiger charge is -2.15. The van der Waals surface area contributed by atoms with E-state index < -0.39 is 0 Å². The first-order valence-electron chi connectivity index (χ1n) is 8.45. The van der Waals surface area contributed by atoms with E-state index >= 15 is 0 Å². The predicted molar refractivity (Wildman–Crippen MR) is 100 cm³/mol. The molecule has 0 saturated carbocycles. The Morgan fingerprint density at radius 2 is 2.04 bits per heavy atom. The molecule has 0 radical (unpaired) electrons. The first kappa shape index (κ1) is 19.8. The number of methoxy groups -OCH3 is 1. The van der Waals surface area contributed by atoms with Crippen molar-refractivity contribution in [1.82, 2.24) is 10.3 Å². The molecule has 0 atom stereocenters. The highest BCUT2D eigenvalue weighted by atomic mass is 35.5. The Labute approximate surface area is 158 Å². The lowest BCUT2D eigenvalue weighted by molar-refractivity contribution is 0.0950. The van der Waals surface area contributed by atoms with Crippen LogP contribution < -0.4 is 19.5 Å². The third-order valence-corrected chi connectivity index (χ3v) is 3.76. The maximum atomic E-state index is 12.5. The number of carbonyl (C=O) groups is 1. The number of pyridine rings is 1. The lowest BCUT2D eigenvalue weighted by Crippen LogP contribution is -2.23.